The smallest absolute Gasteiger partial charge is 0.463 e. The lowest BCUT2D eigenvalue weighted by Gasteiger charge is -2.43. The van der Waals surface area contributed by atoms with Gasteiger partial charge in [-0.15, -0.1) is 0 Å². The standard InChI is InChI=1S/C19H21F3O11S.C2H4O.C2H6/c1-9(23)29-8-14-17(30-10(2)24)18(31-11(3)25)15(26)16(32-14)12-5-4-6-13(7-12)33-34(27,28)19(20,21)22;1-2-3;1-2/h4-7,14-18,26H,8H2,1-3H3;2H,1H3;1-2H3. The molecule has 222 valence electrons. The van der Waals surface area contributed by atoms with Crippen molar-refractivity contribution < 1.29 is 69.0 Å². The van der Waals surface area contributed by atoms with Crippen molar-refractivity contribution in [2.45, 2.75) is 77.6 Å². The fraction of sp³-hybridized carbons (Fsp3) is 0.565. The molecule has 1 aromatic rings. The van der Waals surface area contributed by atoms with Crippen LogP contribution in [0.5, 0.6) is 5.75 Å². The SMILES string of the molecule is CC.CC(=O)OCC1OC(c2cccc(OS(=O)(=O)C(F)(F)F)c2)C(O)C(OC(C)=O)C1OC(C)=O.CC=O. The number of alkyl halides is 3. The summed E-state index contributed by atoms with van der Waals surface area (Å²) in [6.45, 7) is 8.07. The number of aliphatic hydroxyl groups excluding tert-OH is 1. The number of hydrogen-bond acceptors (Lipinski definition) is 12. The monoisotopic (exact) mass is 588 g/mol. The average molecular weight is 589 g/mol. The summed E-state index contributed by atoms with van der Waals surface area (Å²) >= 11 is 0. The van der Waals surface area contributed by atoms with Crippen LogP contribution in [0.25, 0.3) is 0 Å². The van der Waals surface area contributed by atoms with Crippen molar-refractivity contribution in [2.75, 3.05) is 6.61 Å². The van der Waals surface area contributed by atoms with E-state index in [0.29, 0.717) is 0 Å². The number of ether oxygens (including phenoxy) is 4. The van der Waals surface area contributed by atoms with E-state index in [2.05, 4.69) is 4.18 Å². The Kier molecular flexibility index (Phi) is 14.7. The van der Waals surface area contributed by atoms with E-state index in [0.717, 1.165) is 45.3 Å². The Morgan fingerprint density at radius 2 is 1.54 bits per heavy atom. The van der Waals surface area contributed by atoms with Gasteiger partial charge in [0, 0.05) is 20.8 Å². The lowest BCUT2D eigenvalue weighted by Crippen LogP contribution is -2.58. The van der Waals surface area contributed by atoms with Gasteiger partial charge in [0.15, 0.2) is 12.2 Å². The number of aldehydes is 1. The summed E-state index contributed by atoms with van der Waals surface area (Å²) in [6, 6.07) is 4.17. The minimum atomic E-state index is -5.98. The first-order valence-corrected chi connectivity index (χ1v) is 12.8. The molecule has 2 rings (SSSR count). The molecule has 1 saturated heterocycles. The maximum Gasteiger partial charge on any atom is 0.534 e. The van der Waals surface area contributed by atoms with Crippen LogP contribution in [0.15, 0.2) is 24.3 Å². The van der Waals surface area contributed by atoms with Gasteiger partial charge in [0.25, 0.3) is 0 Å². The van der Waals surface area contributed by atoms with Crippen LogP contribution in [0.3, 0.4) is 0 Å². The zero-order valence-corrected chi connectivity index (χ0v) is 22.8. The first-order chi connectivity index (χ1) is 18.0. The van der Waals surface area contributed by atoms with Crippen molar-refractivity contribution in [3.8, 4) is 5.75 Å². The highest BCUT2D eigenvalue weighted by Crippen LogP contribution is 2.37. The number of esters is 3. The van der Waals surface area contributed by atoms with Gasteiger partial charge in [0.1, 0.15) is 37.0 Å². The highest BCUT2D eigenvalue weighted by atomic mass is 32.2. The molecule has 1 aliphatic heterocycles. The molecule has 1 heterocycles. The molecule has 1 N–H and O–H groups in total. The molecule has 0 bridgehead atoms. The van der Waals surface area contributed by atoms with Crippen LogP contribution < -0.4 is 4.18 Å². The Morgan fingerprint density at radius 1 is 1.03 bits per heavy atom. The van der Waals surface area contributed by atoms with Gasteiger partial charge in [-0.25, -0.2) is 0 Å². The molecule has 1 fully saturated rings. The molecule has 12 nitrogen and oxygen atoms in total. The minimum Gasteiger partial charge on any atom is -0.463 e. The van der Waals surface area contributed by atoms with Gasteiger partial charge in [0.05, 0.1) is 0 Å². The van der Waals surface area contributed by atoms with Crippen molar-refractivity contribution in [3.63, 3.8) is 0 Å². The molecule has 0 aromatic heterocycles. The van der Waals surface area contributed by atoms with Gasteiger partial charge < -0.3 is 33.0 Å². The van der Waals surface area contributed by atoms with E-state index in [1.807, 2.05) is 13.8 Å². The van der Waals surface area contributed by atoms with Gasteiger partial charge in [-0.1, -0.05) is 26.0 Å². The van der Waals surface area contributed by atoms with E-state index >= 15 is 0 Å². The summed E-state index contributed by atoms with van der Waals surface area (Å²) < 4.78 is 85.4. The van der Waals surface area contributed by atoms with Crippen molar-refractivity contribution in [3.05, 3.63) is 29.8 Å². The molecule has 0 amide bonds. The second-order valence-electron chi connectivity index (χ2n) is 7.33. The number of hydrogen-bond donors (Lipinski definition) is 1. The number of aliphatic hydroxyl groups is 1. The highest BCUT2D eigenvalue weighted by molar-refractivity contribution is 7.88. The van der Waals surface area contributed by atoms with E-state index in [9.17, 15) is 41.1 Å². The molecule has 0 spiro atoms. The summed E-state index contributed by atoms with van der Waals surface area (Å²) in [5.74, 6) is -3.18. The molecule has 5 atom stereocenters. The molecule has 16 heteroatoms. The zero-order valence-electron chi connectivity index (χ0n) is 22.0. The number of carbonyl (C=O) groups is 4. The summed E-state index contributed by atoms with van der Waals surface area (Å²) in [5, 5.41) is 10.8. The van der Waals surface area contributed by atoms with Crippen LogP contribution in [0.4, 0.5) is 13.2 Å². The molecular formula is C23H31F3O12S. The van der Waals surface area contributed by atoms with Gasteiger partial charge in [-0.3, -0.25) is 14.4 Å². The quantitative estimate of drug-likeness (QED) is 0.163. The fourth-order valence-corrected chi connectivity index (χ4v) is 3.57. The molecule has 0 radical (unpaired) electrons. The van der Waals surface area contributed by atoms with Crippen LogP contribution in [-0.2, 0) is 48.2 Å². The van der Waals surface area contributed by atoms with Gasteiger partial charge >= 0.3 is 33.5 Å². The van der Waals surface area contributed by atoms with Crippen LogP contribution in [0.1, 0.15) is 53.2 Å². The fourth-order valence-electron chi connectivity index (χ4n) is 3.11. The Hall–Kier alpha value is -3.24. The molecule has 5 unspecified atom stereocenters. The molecule has 1 aromatic carbocycles. The predicted molar refractivity (Wildman–Crippen MR) is 126 cm³/mol. The second kappa shape index (κ2) is 16.0. The van der Waals surface area contributed by atoms with Crippen molar-refractivity contribution in [1.82, 2.24) is 0 Å². The predicted octanol–water partition coefficient (Wildman–Crippen LogP) is 2.37. The van der Waals surface area contributed by atoms with E-state index in [4.69, 9.17) is 23.7 Å². The number of halogens is 3. The molecule has 0 aliphatic carbocycles. The van der Waals surface area contributed by atoms with Gasteiger partial charge in [-0.2, -0.15) is 21.6 Å². The second-order valence-corrected chi connectivity index (χ2v) is 8.87. The zero-order chi connectivity index (χ0) is 30.6. The Balaban J connectivity index is 0.00000269. The summed E-state index contributed by atoms with van der Waals surface area (Å²) in [7, 11) is -5.98. The number of rotatable bonds is 7. The maximum absolute atomic E-state index is 12.6. The minimum absolute atomic E-state index is 0.0753. The lowest BCUT2D eigenvalue weighted by molar-refractivity contribution is -0.249. The largest absolute Gasteiger partial charge is 0.534 e. The van der Waals surface area contributed by atoms with E-state index < -0.39 is 76.4 Å². The Morgan fingerprint density at radius 3 is 2.00 bits per heavy atom. The van der Waals surface area contributed by atoms with Crippen LogP contribution >= 0.6 is 0 Å². The van der Waals surface area contributed by atoms with E-state index in [1.165, 1.54) is 13.0 Å². The molecular weight excluding hydrogens is 557 g/mol. The third kappa shape index (κ3) is 11.2. The Bertz CT molecular complexity index is 1070. The van der Waals surface area contributed by atoms with E-state index in [1.54, 1.807) is 0 Å². The summed E-state index contributed by atoms with van der Waals surface area (Å²) in [5.41, 5.74) is -5.76. The van der Waals surface area contributed by atoms with Crippen LogP contribution in [-0.4, -0.2) is 74.2 Å². The van der Waals surface area contributed by atoms with Crippen molar-refractivity contribution >= 4 is 34.3 Å². The van der Waals surface area contributed by atoms with Crippen molar-refractivity contribution in [2.24, 2.45) is 0 Å². The Labute approximate surface area is 223 Å². The highest BCUT2D eigenvalue weighted by Gasteiger charge is 2.51. The number of carbonyl (C=O) groups excluding carboxylic acids is 4. The summed E-state index contributed by atoms with van der Waals surface area (Å²) in [6.07, 6.45) is -6.68. The van der Waals surface area contributed by atoms with Crippen molar-refractivity contribution in [1.29, 1.82) is 0 Å². The van der Waals surface area contributed by atoms with Crippen LogP contribution in [0.2, 0.25) is 0 Å². The van der Waals surface area contributed by atoms with Crippen LogP contribution in [0, 0.1) is 0 Å². The normalized spacial score (nSPS) is 22.5. The first kappa shape index (κ1) is 35.8. The van der Waals surface area contributed by atoms with E-state index in [-0.39, 0.29) is 5.56 Å². The molecule has 1 aliphatic rings. The van der Waals surface area contributed by atoms with Gasteiger partial charge in [0.2, 0.25) is 0 Å². The maximum atomic E-state index is 12.6. The summed E-state index contributed by atoms with van der Waals surface area (Å²) in [4.78, 5) is 43.3. The molecule has 0 saturated carbocycles. The van der Waals surface area contributed by atoms with Gasteiger partial charge in [-0.05, 0) is 24.6 Å². The average Bonchev–Trinajstić information content (AvgIpc) is 2.81. The number of benzene rings is 1. The lowest BCUT2D eigenvalue weighted by atomic mass is 9.90. The molecule has 39 heavy (non-hydrogen) atoms. The third-order valence-electron chi connectivity index (χ3n) is 4.39. The first-order valence-electron chi connectivity index (χ1n) is 11.4. The third-order valence-corrected chi connectivity index (χ3v) is 5.37. The topological polar surface area (TPSA) is 169 Å².